The van der Waals surface area contributed by atoms with Crippen LogP contribution in [-0.2, 0) is 22.5 Å². The van der Waals surface area contributed by atoms with Crippen LogP contribution in [0.2, 0.25) is 0 Å². The Labute approximate surface area is 203 Å². The van der Waals surface area contributed by atoms with Crippen molar-refractivity contribution in [3.63, 3.8) is 0 Å². The Morgan fingerprint density at radius 1 is 1.21 bits per heavy atom. The topological polar surface area (TPSA) is 71.5 Å². The lowest BCUT2D eigenvalue weighted by Gasteiger charge is -2.26. The van der Waals surface area contributed by atoms with Crippen LogP contribution >= 0.6 is 34.0 Å². The molecule has 1 aliphatic rings. The van der Waals surface area contributed by atoms with Crippen molar-refractivity contribution in [1.82, 2.24) is 9.88 Å². The maximum atomic E-state index is 12.7. The maximum absolute atomic E-state index is 12.7. The van der Waals surface area contributed by atoms with Gasteiger partial charge in [-0.15, -0.1) is 34.0 Å². The highest BCUT2D eigenvalue weighted by atomic mass is 32.1. The number of hydrogen-bond donors (Lipinski definition) is 1. The van der Waals surface area contributed by atoms with E-state index in [4.69, 9.17) is 9.72 Å². The van der Waals surface area contributed by atoms with Gasteiger partial charge in [0.15, 0.2) is 0 Å². The first-order valence-electron chi connectivity index (χ1n) is 10.6. The molecule has 0 unspecified atom stereocenters. The van der Waals surface area contributed by atoms with Crippen molar-refractivity contribution in [2.45, 2.75) is 19.9 Å². The van der Waals surface area contributed by atoms with Crippen molar-refractivity contribution in [1.29, 1.82) is 0 Å². The molecule has 4 aromatic rings. The van der Waals surface area contributed by atoms with Crippen molar-refractivity contribution in [2.75, 3.05) is 18.5 Å². The molecular weight excluding hydrogens is 474 g/mol. The maximum Gasteiger partial charge on any atom is 0.410 e. The number of nitrogens with one attached hydrogen (secondary N) is 1. The molecule has 4 heterocycles. The van der Waals surface area contributed by atoms with Crippen molar-refractivity contribution in [3.8, 4) is 10.6 Å². The molecule has 9 heteroatoms. The van der Waals surface area contributed by atoms with Gasteiger partial charge in [-0.25, -0.2) is 9.78 Å². The summed E-state index contributed by atoms with van der Waals surface area (Å²) in [5, 5.41) is 6.70. The van der Waals surface area contributed by atoms with Crippen molar-refractivity contribution in [3.05, 3.63) is 63.2 Å². The highest BCUT2D eigenvalue weighted by Gasteiger charge is 2.29. The molecule has 5 rings (SSSR count). The monoisotopic (exact) mass is 495 g/mol. The number of carbonyl (C=O) groups is 2. The number of benzene rings is 1. The third-order valence-electron chi connectivity index (χ3n) is 5.27. The Kier molecular flexibility index (Phi) is 6.26. The van der Waals surface area contributed by atoms with Gasteiger partial charge in [-0.2, -0.15) is 0 Å². The van der Waals surface area contributed by atoms with Gasteiger partial charge in [0.25, 0.3) is 0 Å². The first-order valence-corrected chi connectivity index (χ1v) is 13.1. The number of nitrogens with zero attached hydrogens (tertiary/aromatic N) is 2. The van der Waals surface area contributed by atoms with Crippen LogP contribution in [-0.4, -0.2) is 35.0 Å². The van der Waals surface area contributed by atoms with Crippen molar-refractivity contribution >= 4 is 67.3 Å². The second-order valence-corrected chi connectivity index (χ2v) is 10.5. The first-order chi connectivity index (χ1) is 16.1. The fraction of sp³-hybridized carbons (Fsp3) is 0.208. The lowest BCUT2D eigenvalue weighted by molar-refractivity contribution is -0.111. The van der Waals surface area contributed by atoms with E-state index in [0.29, 0.717) is 26.1 Å². The normalized spacial score (nSPS) is 13.4. The summed E-state index contributed by atoms with van der Waals surface area (Å²) in [6.07, 6.45) is 3.75. The average Bonchev–Trinajstić information content (AvgIpc) is 3.55. The number of carbonyl (C=O) groups excluding carboxylic acids is 2. The predicted molar refractivity (Wildman–Crippen MR) is 136 cm³/mol. The smallest absolute Gasteiger partial charge is 0.410 e. The number of rotatable bonds is 5. The molecule has 168 valence electrons. The van der Waals surface area contributed by atoms with Gasteiger partial charge in [0.1, 0.15) is 10.0 Å². The second kappa shape index (κ2) is 9.46. The molecule has 0 aliphatic carbocycles. The van der Waals surface area contributed by atoms with Gasteiger partial charge in [-0.1, -0.05) is 18.2 Å². The molecule has 2 amide bonds. The molecule has 0 fully saturated rings. The summed E-state index contributed by atoms with van der Waals surface area (Å²) in [4.78, 5) is 33.7. The Balaban J connectivity index is 1.50. The van der Waals surface area contributed by atoms with Crippen LogP contribution in [0.5, 0.6) is 0 Å². The van der Waals surface area contributed by atoms with Gasteiger partial charge in [0.2, 0.25) is 5.91 Å². The highest BCUT2D eigenvalue weighted by Crippen LogP contribution is 2.45. The average molecular weight is 496 g/mol. The van der Waals surface area contributed by atoms with E-state index in [1.807, 2.05) is 41.8 Å². The molecule has 0 radical (unpaired) electrons. The quantitative estimate of drug-likeness (QED) is 0.332. The zero-order valence-electron chi connectivity index (χ0n) is 17.9. The molecule has 6 nitrogen and oxygen atoms in total. The fourth-order valence-corrected chi connectivity index (χ4v) is 6.76. The summed E-state index contributed by atoms with van der Waals surface area (Å²) in [6, 6.07) is 12.0. The van der Waals surface area contributed by atoms with E-state index in [1.165, 1.54) is 11.3 Å². The second-order valence-electron chi connectivity index (χ2n) is 7.40. The summed E-state index contributed by atoms with van der Waals surface area (Å²) in [5.41, 5.74) is 3.06. The minimum Gasteiger partial charge on any atom is -0.450 e. The van der Waals surface area contributed by atoms with E-state index in [-0.39, 0.29) is 12.0 Å². The van der Waals surface area contributed by atoms with Crippen LogP contribution < -0.4 is 5.32 Å². The molecule has 0 atom stereocenters. The number of ether oxygens (including phenoxy) is 1. The number of hydrogen-bond acceptors (Lipinski definition) is 7. The third kappa shape index (κ3) is 4.57. The summed E-state index contributed by atoms with van der Waals surface area (Å²) in [5.74, 6) is -0.188. The van der Waals surface area contributed by atoms with E-state index in [9.17, 15) is 9.59 Å². The van der Waals surface area contributed by atoms with Gasteiger partial charge in [0.05, 0.1) is 23.4 Å². The minimum atomic E-state index is -0.303. The molecule has 0 saturated carbocycles. The largest absolute Gasteiger partial charge is 0.450 e. The lowest BCUT2D eigenvalue weighted by atomic mass is 10.0. The number of amides is 2. The molecule has 3 aromatic heterocycles. The van der Waals surface area contributed by atoms with Crippen LogP contribution in [0, 0.1) is 0 Å². The van der Waals surface area contributed by atoms with Gasteiger partial charge in [-0.3, -0.25) is 4.79 Å². The van der Waals surface area contributed by atoms with Gasteiger partial charge in [-0.05, 0) is 48.6 Å². The van der Waals surface area contributed by atoms with E-state index in [2.05, 4.69) is 11.4 Å². The number of thiazole rings is 1. The van der Waals surface area contributed by atoms with Crippen molar-refractivity contribution < 1.29 is 14.3 Å². The Morgan fingerprint density at radius 2 is 2.09 bits per heavy atom. The fourth-order valence-electron chi connectivity index (χ4n) is 3.77. The molecule has 0 bridgehead atoms. The summed E-state index contributed by atoms with van der Waals surface area (Å²) < 4.78 is 6.30. The van der Waals surface area contributed by atoms with E-state index < -0.39 is 0 Å². The zero-order valence-corrected chi connectivity index (χ0v) is 20.3. The molecule has 0 saturated heterocycles. The van der Waals surface area contributed by atoms with E-state index in [1.54, 1.807) is 40.6 Å². The van der Waals surface area contributed by atoms with Crippen molar-refractivity contribution in [2.24, 2.45) is 0 Å². The standard InChI is InChI=1S/C24H21N3O3S3/c1-2-30-24(29)27-12-11-16-19(14-27)33-23(26-20(28)10-9-15-6-5-13-31-15)21(16)22-25-17-7-3-4-8-18(17)32-22/h3-10,13H,2,11-12,14H2,1H3,(H,26,28). The number of anilines is 1. The molecule has 1 aliphatic heterocycles. The van der Waals surface area contributed by atoms with Gasteiger partial charge in [0, 0.05) is 27.9 Å². The molecule has 33 heavy (non-hydrogen) atoms. The minimum absolute atomic E-state index is 0.188. The molecule has 1 N–H and O–H groups in total. The van der Waals surface area contributed by atoms with E-state index in [0.717, 1.165) is 41.1 Å². The lowest BCUT2D eigenvalue weighted by Crippen LogP contribution is -2.35. The van der Waals surface area contributed by atoms with Gasteiger partial charge >= 0.3 is 6.09 Å². The number of fused-ring (bicyclic) bond motifs is 2. The SMILES string of the molecule is CCOC(=O)N1CCc2c(sc(NC(=O)C=Cc3cccs3)c2-c2nc3ccccc3s2)C1. The molecular formula is C24H21N3O3S3. The number of aromatic nitrogens is 1. The predicted octanol–water partition coefficient (Wildman–Crippen LogP) is 6.25. The van der Waals surface area contributed by atoms with Crippen LogP contribution in [0.25, 0.3) is 26.9 Å². The van der Waals surface area contributed by atoms with Crippen LogP contribution in [0.3, 0.4) is 0 Å². The van der Waals surface area contributed by atoms with Crippen LogP contribution in [0.1, 0.15) is 22.2 Å². The first kappa shape index (κ1) is 21.8. The van der Waals surface area contributed by atoms with Gasteiger partial charge < -0.3 is 15.0 Å². The Morgan fingerprint density at radius 3 is 2.88 bits per heavy atom. The van der Waals surface area contributed by atoms with Crippen LogP contribution in [0.15, 0.2) is 47.9 Å². The summed E-state index contributed by atoms with van der Waals surface area (Å²) in [6.45, 7) is 3.20. The molecule has 1 aromatic carbocycles. The van der Waals surface area contributed by atoms with E-state index >= 15 is 0 Å². The third-order valence-corrected chi connectivity index (χ3v) is 8.29. The Hall–Kier alpha value is -3.01. The number of para-hydroxylation sites is 1. The van der Waals surface area contributed by atoms with Crippen LogP contribution in [0.4, 0.5) is 9.80 Å². The summed E-state index contributed by atoms with van der Waals surface area (Å²) in [7, 11) is 0. The molecule has 0 spiro atoms. The summed E-state index contributed by atoms with van der Waals surface area (Å²) >= 11 is 4.71. The number of thiophene rings is 2. The highest BCUT2D eigenvalue weighted by molar-refractivity contribution is 7.23. The Bertz CT molecular complexity index is 1300. The zero-order chi connectivity index (χ0) is 22.8.